The molecule has 3 unspecified atom stereocenters. The molecule has 0 fully saturated rings. The van der Waals surface area contributed by atoms with Crippen LogP contribution in [0.15, 0.2) is 12.2 Å². The van der Waals surface area contributed by atoms with Gasteiger partial charge in [0.15, 0.2) is 0 Å². The third-order valence-electron chi connectivity index (χ3n) is 10.8. The van der Waals surface area contributed by atoms with E-state index in [2.05, 4.69) is 31.3 Å². The molecule has 1 amide bonds. The lowest BCUT2D eigenvalue weighted by atomic mass is 10.0. The van der Waals surface area contributed by atoms with E-state index in [0.717, 1.165) is 32.1 Å². The van der Waals surface area contributed by atoms with Crippen LogP contribution in [-0.2, 0) is 4.79 Å². The van der Waals surface area contributed by atoms with Crippen LogP contribution in [0.4, 0.5) is 0 Å². The van der Waals surface area contributed by atoms with E-state index in [0.29, 0.717) is 12.8 Å². The number of rotatable bonds is 42. The molecule has 304 valence electrons. The van der Waals surface area contributed by atoms with Gasteiger partial charge in [-0.05, 0) is 38.5 Å². The zero-order valence-electron chi connectivity index (χ0n) is 34.5. The fraction of sp³-hybridized carbons (Fsp3) is 0.935. The Morgan fingerprint density at radius 1 is 0.471 bits per heavy atom. The molecule has 0 rings (SSSR count). The highest BCUT2D eigenvalue weighted by Gasteiger charge is 2.21. The van der Waals surface area contributed by atoms with Gasteiger partial charge in [0.25, 0.3) is 0 Å². The molecule has 5 heteroatoms. The van der Waals surface area contributed by atoms with E-state index in [4.69, 9.17) is 0 Å². The van der Waals surface area contributed by atoms with E-state index >= 15 is 0 Å². The lowest BCUT2D eigenvalue weighted by Gasteiger charge is -2.23. The molecular formula is C46H91NO4. The van der Waals surface area contributed by atoms with E-state index in [1.807, 2.05) is 0 Å². The Hall–Kier alpha value is -0.910. The largest absolute Gasteiger partial charge is 0.394 e. The molecule has 0 spiro atoms. The molecule has 0 aromatic carbocycles. The molecule has 0 aromatic heterocycles. The second-order valence-corrected chi connectivity index (χ2v) is 16.0. The van der Waals surface area contributed by atoms with Crippen molar-refractivity contribution in [3.63, 3.8) is 0 Å². The molecule has 51 heavy (non-hydrogen) atoms. The molecule has 3 atom stereocenters. The summed E-state index contributed by atoms with van der Waals surface area (Å²) in [6, 6.07) is -0.658. The highest BCUT2D eigenvalue weighted by Crippen LogP contribution is 2.16. The molecule has 0 bridgehead atoms. The summed E-state index contributed by atoms with van der Waals surface area (Å²) < 4.78 is 0. The average Bonchev–Trinajstić information content (AvgIpc) is 3.12. The molecule has 0 saturated heterocycles. The molecule has 0 radical (unpaired) electrons. The van der Waals surface area contributed by atoms with Crippen LogP contribution in [0.3, 0.4) is 0 Å². The average molecular weight is 722 g/mol. The fourth-order valence-corrected chi connectivity index (χ4v) is 7.28. The standard InChI is InChI=1S/C46H91NO4/c1-3-5-7-9-11-13-15-17-19-21-22-24-25-27-29-31-33-35-37-39-43(49)41-46(51)47-44(42-48)45(50)40-38-36-34-32-30-28-26-23-20-18-16-14-12-10-8-6-4-2/h24-25,43-45,48-50H,3-23,26-42H2,1-2H3,(H,47,51)/b25-24-. The van der Waals surface area contributed by atoms with Gasteiger partial charge in [-0.1, -0.05) is 219 Å². The van der Waals surface area contributed by atoms with Gasteiger partial charge in [-0.15, -0.1) is 0 Å². The third-order valence-corrected chi connectivity index (χ3v) is 10.8. The van der Waals surface area contributed by atoms with Crippen molar-refractivity contribution in [2.75, 3.05) is 6.61 Å². The van der Waals surface area contributed by atoms with Crippen molar-refractivity contribution in [1.29, 1.82) is 0 Å². The molecular weight excluding hydrogens is 631 g/mol. The first-order chi connectivity index (χ1) is 25.0. The Balaban J connectivity index is 3.60. The summed E-state index contributed by atoms with van der Waals surface area (Å²) in [6.07, 6.45) is 48.9. The number of carbonyl (C=O) groups excluding carboxylic acids is 1. The summed E-state index contributed by atoms with van der Waals surface area (Å²) in [5.74, 6) is -0.285. The molecule has 0 aliphatic heterocycles. The zero-order valence-corrected chi connectivity index (χ0v) is 34.5. The van der Waals surface area contributed by atoms with Crippen molar-refractivity contribution in [3.05, 3.63) is 12.2 Å². The third kappa shape index (κ3) is 38.6. The highest BCUT2D eigenvalue weighted by molar-refractivity contribution is 5.76. The molecule has 0 saturated carbocycles. The summed E-state index contributed by atoms with van der Waals surface area (Å²) in [5, 5.41) is 33.4. The Kier molecular flexibility index (Phi) is 41.1. The number of aliphatic hydroxyl groups is 3. The predicted octanol–water partition coefficient (Wildman–Crippen LogP) is 13.2. The first-order valence-electron chi connectivity index (χ1n) is 23.0. The van der Waals surface area contributed by atoms with Crippen LogP contribution in [0.5, 0.6) is 0 Å². The Morgan fingerprint density at radius 3 is 1.14 bits per heavy atom. The zero-order chi connectivity index (χ0) is 37.3. The minimum Gasteiger partial charge on any atom is -0.394 e. The summed E-state index contributed by atoms with van der Waals surface area (Å²) >= 11 is 0. The van der Waals surface area contributed by atoms with Gasteiger partial charge in [-0.2, -0.15) is 0 Å². The molecule has 5 nitrogen and oxygen atoms in total. The number of allylic oxidation sites excluding steroid dienone is 2. The van der Waals surface area contributed by atoms with Gasteiger partial charge >= 0.3 is 0 Å². The minimum atomic E-state index is -0.748. The number of carbonyl (C=O) groups is 1. The van der Waals surface area contributed by atoms with E-state index in [1.54, 1.807) is 0 Å². The maximum Gasteiger partial charge on any atom is 0.222 e. The van der Waals surface area contributed by atoms with Gasteiger partial charge in [-0.25, -0.2) is 0 Å². The summed E-state index contributed by atoms with van der Waals surface area (Å²) in [6.45, 7) is 4.28. The van der Waals surface area contributed by atoms with Crippen molar-refractivity contribution >= 4 is 5.91 Å². The number of hydrogen-bond acceptors (Lipinski definition) is 4. The normalized spacial score (nSPS) is 13.6. The van der Waals surface area contributed by atoms with Crippen LogP contribution >= 0.6 is 0 Å². The van der Waals surface area contributed by atoms with Crippen LogP contribution in [0, 0.1) is 0 Å². The lowest BCUT2D eigenvalue weighted by Crippen LogP contribution is -2.46. The highest BCUT2D eigenvalue weighted by atomic mass is 16.3. The van der Waals surface area contributed by atoms with E-state index in [-0.39, 0.29) is 18.9 Å². The first-order valence-corrected chi connectivity index (χ1v) is 23.0. The maximum atomic E-state index is 12.5. The number of unbranched alkanes of at least 4 members (excludes halogenated alkanes) is 31. The Morgan fingerprint density at radius 2 is 0.784 bits per heavy atom. The van der Waals surface area contributed by atoms with E-state index in [1.165, 1.54) is 186 Å². The van der Waals surface area contributed by atoms with E-state index < -0.39 is 18.2 Å². The van der Waals surface area contributed by atoms with Crippen molar-refractivity contribution in [1.82, 2.24) is 5.32 Å². The summed E-state index contributed by atoms with van der Waals surface area (Å²) in [4.78, 5) is 12.5. The summed E-state index contributed by atoms with van der Waals surface area (Å²) in [7, 11) is 0. The van der Waals surface area contributed by atoms with Crippen molar-refractivity contribution in [2.24, 2.45) is 0 Å². The van der Waals surface area contributed by atoms with Crippen LogP contribution in [-0.4, -0.2) is 46.1 Å². The van der Waals surface area contributed by atoms with E-state index in [9.17, 15) is 20.1 Å². The molecule has 0 aliphatic carbocycles. The van der Waals surface area contributed by atoms with Crippen LogP contribution in [0.1, 0.15) is 251 Å². The second-order valence-electron chi connectivity index (χ2n) is 16.0. The smallest absolute Gasteiger partial charge is 0.222 e. The molecule has 0 aromatic rings. The Bertz CT molecular complexity index is 713. The monoisotopic (exact) mass is 722 g/mol. The minimum absolute atomic E-state index is 0.0339. The molecule has 0 heterocycles. The van der Waals surface area contributed by atoms with Gasteiger partial charge in [0.2, 0.25) is 5.91 Å². The number of nitrogens with one attached hydrogen (secondary N) is 1. The van der Waals surface area contributed by atoms with Crippen molar-refractivity contribution in [2.45, 2.75) is 270 Å². The van der Waals surface area contributed by atoms with Gasteiger partial charge in [0.05, 0.1) is 31.3 Å². The van der Waals surface area contributed by atoms with Crippen LogP contribution in [0.2, 0.25) is 0 Å². The topological polar surface area (TPSA) is 89.8 Å². The van der Waals surface area contributed by atoms with Gasteiger partial charge in [0, 0.05) is 0 Å². The van der Waals surface area contributed by atoms with Gasteiger partial charge in [0.1, 0.15) is 0 Å². The predicted molar refractivity (Wildman–Crippen MR) is 222 cm³/mol. The number of amides is 1. The fourth-order valence-electron chi connectivity index (χ4n) is 7.28. The lowest BCUT2D eigenvalue weighted by molar-refractivity contribution is -0.125. The Labute approximate surface area is 319 Å². The maximum absolute atomic E-state index is 12.5. The number of aliphatic hydroxyl groups excluding tert-OH is 3. The second kappa shape index (κ2) is 41.8. The summed E-state index contributed by atoms with van der Waals surface area (Å²) in [5.41, 5.74) is 0. The molecule has 0 aliphatic rings. The van der Waals surface area contributed by atoms with Crippen molar-refractivity contribution < 1.29 is 20.1 Å². The molecule has 4 N–H and O–H groups in total. The first kappa shape index (κ1) is 50.1. The van der Waals surface area contributed by atoms with Crippen LogP contribution in [0.25, 0.3) is 0 Å². The van der Waals surface area contributed by atoms with Gasteiger partial charge in [-0.3, -0.25) is 4.79 Å². The number of hydrogen-bond donors (Lipinski definition) is 4. The van der Waals surface area contributed by atoms with Crippen LogP contribution < -0.4 is 5.32 Å². The van der Waals surface area contributed by atoms with Crippen molar-refractivity contribution in [3.8, 4) is 0 Å². The quantitative estimate of drug-likeness (QED) is 0.0373. The SMILES string of the molecule is CCCCCCCCCCCC/C=C\CCCCCCCC(O)CC(=O)NC(CO)C(O)CCCCCCCCCCCCCCCCCCC. The van der Waals surface area contributed by atoms with Gasteiger partial charge < -0.3 is 20.6 Å².